The highest BCUT2D eigenvalue weighted by molar-refractivity contribution is 5.83. The summed E-state index contributed by atoms with van der Waals surface area (Å²) in [4.78, 5) is 11.9. The number of carbonyl (C=O) groups is 1. The lowest BCUT2D eigenvalue weighted by Gasteiger charge is -2.15. The summed E-state index contributed by atoms with van der Waals surface area (Å²) < 4.78 is 11.1. The number of benzene rings is 3. The molecule has 0 saturated carbocycles. The van der Waals surface area contributed by atoms with Gasteiger partial charge in [-0.25, -0.2) is 0 Å². The van der Waals surface area contributed by atoms with Crippen molar-refractivity contribution in [3.05, 3.63) is 78.4 Å². The molecule has 30 heavy (non-hydrogen) atoms. The topological polar surface area (TPSA) is 35.5 Å². The zero-order valence-corrected chi connectivity index (χ0v) is 18.1. The van der Waals surface area contributed by atoms with Crippen molar-refractivity contribution in [2.24, 2.45) is 0 Å². The third kappa shape index (κ3) is 5.50. The maximum absolute atomic E-state index is 11.9. The number of hydrogen-bond donors (Lipinski definition) is 0. The molecule has 3 heteroatoms. The van der Waals surface area contributed by atoms with E-state index in [-0.39, 0.29) is 12.1 Å². The SMILES string of the molecule is CCCCC(=O)OC(C)c1ccc(-c2ccccc2-c2ccc(OCC)cc2)cc1. The molecule has 0 radical (unpaired) electrons. The first kappa shape index (κ1) is 21.6. The maximum Gasteiger partial charge on any atom is 0.306 e. The molecular weight excluding hydrogens is 372 g/mol. The van der Waals surface area contributed by atoms with Crippen LogP contribution in [0.15, 0.2) is 72.8 Å². The average molecular weight is 403 g/mol. The second kappa shape index (κ2) is 10.6. The van der Waals surface area contributed by atoms with Crippen molar-refractivity contribution in [2.75, 3.05) is 6.61 Å². The fraction of sp³-hybridized carbons (Fsp3) is 0.296. The van der Waals surface area contributed by atoms with E-state index in [2.05, 4.69) is 55.5 Å². The van der Waals surface area contributed by atoms with Gasteiger partial charge < -0.3 is 9.47 Å². The Morgan fingerprint density at radius 2 is 1.40 bits per heavy atom. The molecule has 0 N–H and O–H groups in total. The maximum atomic E-state index is 11.9. The molecule has 3 aromatic rings. The van der Waals surface area contributed by atoms with Gasteiger partial charge in [0.05, 0.1) is 6.61 Å². The van der Waals surface area contributed by atoms with E-state index < -0.39 is 0 Å². The van der Waals surface area contributed by atoms with E-state index in [9.17, 15) is 4.79 Å². The average Bonchev–Trinajstić information content (AvgIpc) is 2.78. The van der Waals surface area contributed by atoms with Crippen LogP contribution in [0.25, 0.3) is 22.3 Å². The minimum atomic E-state index is -0.246. The molecule has 1 unspecified atom stereocenters. The highest BCUT2D eigenvalue weighted by Gasteiger charge is 2.12. The summed E-state index contributed by atoms with van der Waals surface area (Å²) in [6, 6.07) is 24.9. The summed E-state index contributed by atoms with van der Waals surface area (Å²) in [5, 5.41) is 0. The summed E-state index contributed by atoms with van der Waals surface area (Å²) >= 11 is 0. The highest BCUT2D eigenvalue weighted by Crippen LogP contribution is 2.33. The summed E-state index contributed by atoms with van der Waals surface area (Å²) in [7, 11) is 0. The number of ether oxygens (including phenoxy) is 2. The molecular formula is C27H30O3. The van der Waals surface area contributed by atoms with E-state index in [1.54, 1.807) is 0 Å². The van der Waals surface area contributed by atoms with Gasteiger partial charge in [-0.05, 0) is 60.2 Å². The van der Waals surface area contributed by atoms with Gasteiger partial charge in [-0.1, -0.05) is 74.0 Å². The van der Waals surface area contributed by atoms with Gasteiger partial charge in [0.1, 0.15) is 11.9 Å². The van der Waals surface area contributed by atoms with Crippen molar-refractivity contribution in [1.29, 1.82) is 0 Å². The predicted molar refractivity (Wildman–Crippen MR) is 123 cm³/mol. The first-order chi connectivity index (χ1) is 14.6. The number of rotatable bonds is 9. The minimum absolute atomic E-state index is 0.130. The van der Waals surface area contributed by atoms with Crippen LogP contribution >= 0.6 is 0 Å². The summed E-state index contributed by atoms with van der Waals surface area (Å²) in [6.07, 6.45) is 2.09. The molecule has 3 nitrogen and oxygen atoms in total. The number of carbonyl (C=O) groups excluding carboxylic acids is 1. The Kier molecular flexibility index (Phi) is 7.67. The van der Waals surface area contributed by atoms with Crippen molar-refractivity contribution in [3.8, 4) is 28.0 Å². The number of hydrogen-bond acceptors (Lipinski definition) is 3. The second-order valence-corrected chi connectivity index (χ2v) is 7.36. The van der Waals surface area contributed by atoms with Crippen LogP contribution in [-0.2, 0) is 9.53 Å². The predicted octanol–water partition coefficient (Wildman–Crippen LogP) is 7.21. The van der Waals surface area contributed by atoms with E-state index in [0.29, 0.717) is 13.0 Å². The molecule has 0 aliphatic heterocycles. The van der Waals surface area contributed by atoms with Gasteiger partial charge in [0.2, 0.25) is 0 Å². The van der Waals surface area contributed by atoms with Crippen LogP contribution in [0, 0.1) is 0 Å². The van der Waals surface area contributed by atoms with E-state index in [0.717, 1.165) is 35.3 Å². The molecule has 0 aliphatic carbocycles. The number of unbranched alkanes of at least 4 members (excludes halogenated alkanes) is 1. The van der Waals surface area contributed by atoms with Crippen LogP contribution in [0.4, 0.5) is 0 Å². The zero-order chi connectivity index (χ0) is 21.3. The van der Waals surface area contributed by atoms with Crippen molar-refractivity contribution in [1.82, 2.24) is 0 Å². The normalized spacial score (nSPS) is 11.7. The van der Waals surface area contributed by atoms with Gasteiger partial charge in [0.25, 0.3) is 0 Å². The van der Waals surface area contributed by atoms with Crippen molar-refractivity contribution >= 4 is 5.97 Å². The molecule has 0 bridgehead atoms. The lowest BCUT2D eigenvalue weighted by Crippen LogP contribution is -2.08. The fourth-order valence-electron chi connectivity index (χ4n) is 3.46. The standard InChI is InChI=1S/C27H30O3/c1-4-6-11-27(28)30-20(3)21-12-14-22(15-13-21)25-9-7-8-10-26(25)23-16-18-24(19-17-23)29-5-2/h7-10,12-20H,4-6,11H2,1-3H3. The Balaban J connectivity index is 1.79. The Bertz CT molecular complexity index is 943. The second-order valence-electron chi connectivity index (χ2n) is 7.36. The Labute approximate surface area is 179 Å². The fourth-order valence-corrected chi connectivity index (χ4v) is 3.46. The van der Waals surface area contributed by atoms with E-state index >= 15 is 0 Å². The molecule has 0 spiro atoms. The summed E-state index contributed by atoms with van der Waals surface area (Å²) in [6.45, 7) is 6.64. The molecule has 0 saturated heterocycles. The van der Waals surface area contributed by atoms with E-state index in [1.807, 2.05) is 38.1 Å². The summed E-state index contributed by atoms with van der Waals surface area (Å²) in [5.74, 6) is 0.750. The molecule has 0 heterocycles. The van der Waals surface area contributed by atoms with Crippen LogP contribution < -0.4 is 4.74 Å². The van der Waals surface area contributed by atoms with E-state index in [1.165, 1.54) is 11.1 Å². The van der Waals surface area contributed by atoms with Crippen molar-refractivity contribution in [3.63, 3.8) is 0 Å². The first-order valence-corrected chi connectivity index (χ1v) is 10.7. The Morgan fingerprint density at radius 3 is 1.93 bits per heavy atom. The lowest BCUT2D eigenvalue weighted by atomic mass is 9.94. The van der Waals surface area contributed by atoms with Crippen LogP contribution in [0.3, 0.4) is 0 Å². The monoisotopic (exact) mass is 402 g/mol. The largest absolute Gasteiger partial charge is 0.494 e. The molecule has 3 rings (SSSR count). The van der Waals surface area contributed by atoms with Crippen LogP contribution in [0.1, 0.15) is 51.7 Å². The third-order valence-corrected chi connectivity index (χ3v) is 5.14. The Morgan fingerprint density at radius 1 is 0.833 bits per heavy atom. The van der Waals surface area contributed by atoms with E-state index in [4.69, 9.17) is 9.47 Å². The minimum Gasteiger partial charge on any atom is -0.494 e. The zero-order valence-electron chi connectivity index (χ0n) is 18.1. The van der Waals surface area contributed by atoms with Crippen molar-refractivity contribution < 1.29 is 14.3 Å². The van der Waals surface area contributed by atoms with Crippen LogP contribution in [0.5, 0.6) is 5.75 Å². The smallest absolute Gasteiger partial charge is 0.306 e. The highest BCUT2D eigenvalue weighted by atomic mass is 16.5. The van der Waals surface area contributed by atoms with Gasteiger partial charge in [-0.2, -0.15) is 0 Å². The third-order valence-electron chi connectivity index (χ3n) is 5.14. The van der Waals surface area contributed by atoms with Gasteiger partial charge >= 0.3 is 5.97 Å². The first-order valence-electron chi connectivity index (χ1n) is 10.7. The Hall–Kier alpha value is -3.07. The van der Waals surface area contributed by atoms with Gasteiger partial charge in [-0.3, -0.25) is 4.79 Å². The number of esters is 1. The quantitative estimate of drug-likeness (QED) is 0.355. The summed E-state index contributed by atoms with van der Waals surface area (Å²) in [5.41, 5.74) is 5.62. The van der Waals surface area contributed by atoms with Crippen LogP contribution in [-0.4, -0.2) is 12.6 Å². The van der Waals surface area contributed by atoms with Gasteiger partial charge in [-0.15, -0.1) is 0 Å². The molecule has 3 aromatic carbocycles. The lowest BCUT2D eigenvalue weighted by molar-refractivity contribution is -0.148. The molecule has 0 fully saturated rings. The molecule has 156 valence electrons. The molecule has 0 aromatic heterocycles. The van der Waals surface area contributed by atoms with Crippen LogP contribution in [0.2, 0.25) is 0 Å². The van der Waals surface area contributed by atoms with Gasteiger partial charge in [0.15, 0.2) is 0 Å². The van der Waals surface area contributed by atoms with Gasteiger partial charge in [0, 0.05) is 6.42 Å². The molecule has 0 amide bonds. The van der Waals surface area contributed by atoms with Crippen molar-refractivity contribution in [2.45, 2.75) is 46.1 Å². The molecule has 0 aliphatic rings. The molecule has 1 atom stereocenters.